The summed E-state index contributed by atoms with van der Waals surface area (Å²) in [7, 11) is 0. The van der Waals surface area contributed by atoms with E-state index in [1.807, 2.05) is 30.3 Å². The van der Waals surface area contributed by atoms with Gasteiger partial charge in [-0.1, -0.05) is 48.2 Å². The highest BCUT2D eigenvalue weighted by Crippen LogP contribution is 2.31. The standard InChI is InChI=1S/C19H17N5O4S/c1-12(13-6-3-2-4-7-13)21-22-19(20)29-16-11-17(25)23(18(16)26)14-8-5-9-15(10-14)24(27)28/h2-10,16H,11H2,1H3,(H2,20,22)/b21-12-/t16-/m0/s1. The molecule has 9 nitrogen and oxygen atoms in total. The number of benzene rings is 2. The average molecular weight is 411 g/mol. The second-order valence-corrected chi connectivity index (χ2v) is 7.37. The van der Waals surface area contributed by atoms with Gasteiger partial charge in [0.25, 0.3) is 5.69 Å². The lowest BCUT2D eigenvalue weighted by Gasteiger charge is -2.14. The van der Waals surface area contributed by atoms with Crippen LogP contribution in [0.5, 0.6) is 0 Å². The van der Waals surface area contributed by atoms with Gasteiger partial charge >= 0.3 is 0 Å². The molecule has 0 aliphatic carbocycles. The average Bonchev–Trinajstić information content (AvgIpc) is 2.99. The van der Waals surface area contributed by atoms with E-state index in [1.165, 1.54) is 24.3 Å². The first kappa shape index (κ1) is 20.2. The highest BCUT2D eigenvalue weighted by atomic mass is 32.2. The Morgan fingerprint density at radius 1 is 1.17 bits per heavy atom. The quantitative estimate of drug-likeness (QED) is 0.265. The first-order valence-electron chi connectivity index (χ1n) is 8.58. The van der Waals surface area contributed by atoms with Crippen molar-refractivity contribution in [3.8, 4) is 0 Å². The summed E-state index contributed by atoms with van der Waals surface area (Å²) >= 11 is 0.940. The topological polar surface area (TPSA) is 131 Å². The molecule has 1 aliphatic rings. The Hall–Kier alpha value is -3.53. The molecule has 1 fully saturated rings. The number of carbonyl (C=O) groups is 2. The highest BCUT2D eigenvalue weighted by Gasteiger charge is 2.41. The fourth-order valence-corrected chi connectivity index (χ4v) is 3.56. The molecule has 2 amide bonds. The second kappa shape index (κ2) is 8.65. The number of nitro groups is 1. The van der Waals surface area contributed by atoms with E-state index < -0.39 is 22.0 Å². The van der Waals surface area contributed by atoms with Crippen LogP contribution in [0.4, 0.5) is 11.4 Å². The molecule has 0 bridgehead atoms. The first-order valence-corrected chi connectivity index (χ1v) is 9.46. The highest BCUT2D eigenvalue weighted by molar-refractivity contribution is 8.14. The number of hydrogen-bond acceptors (Lipinski definition) is 7. The van der Waals surface area contributed by atoms with E-state index in [2.05, 4.69) is 10.2 Å². The van der Waals surface area contributed by atoms with Crippen LogP contribution in [-0.4, -0.2) is 32.9 Å². The molecule has 1 aliphatic heterocycles. The van der Waals surface area contributed by atoms with Gasteiger partial charge in [-0.3, -0.25) is 19.7 Å². The lowest BCUT2D eigenvalue weighted by atomic mass is 10.1. The molecule has 2 N–H and O–H groups in total. The van der Waals surface area contributed by atoms with Gasteiger partial charge in [-0.2, -0.15) is 5.10 Å². The minimum absolute atomic E-state index is 0.0484. The van der Waals surface area contributed by atoms with Gasteiger partial charge in [-0.15, -0.1) is 5.10 Å². The molecule has 2 aromatic rings. The number of non-ortho nitro benzene ring substituents is 1. The van der Waals surface area contributed by atoms with E-state index in [1.54, 1.807) is 6.92 Å². The number of nitrogens with two attached hydrogens (primary N) is 1. The number of thioether (sulfide) groups is 1. The normalized spacial score (nSPS) is 17.7. The van der Waals surface area contributed by atoms with Crippen molar-refractivity contribution >= 4 is 45.8 Å². The Morgan fingerprint density at radius 3 is 2.59 bits per heavy atom. The Balaban J connectivity index is 1.73. The molecule has 0 unspecified atom stereocenters. The zero-order chi connectivity index (χ0) is 21.0. The van der Waals surface area contributed by atoms with Crippen molar-refractivity contribution in [2.24, 2.45) is 15.9 Å². The lowest BCUT2D eigenvalue weighted by Crippen LogP contribution is -2.31. The molecule has 10 heteroatoms. The van der Waals surface area contributed by atoms with Gasteiger partial charge in [0.15, 0.2) is 5.17 Å². The lowest BCUT2D eigenvalue weighted by molar-refractivity contribution is -0.384. The maximum Gasteiger partial charge on any atom is 0.271 e. The molecule has 3 rings (SSSR count). The number of carbonyl (C=O) groups excluding carboxylic acids is 2. The summed E-state index contributed by atoms with van der Waals surface area (Å²) in [6.45, 7) is 1.78. The summed E-state index contributed by atoms with van der Waals surface area (Å²) in [6.07, 6.45) is -0.0796. The number of hydrogen-bond donors (Lipinski definition) is 1. The van der Waals surface area contributed by atoms with Gasteiger partial charge < -0.3 is 5.73 Å². The van der Waals surface area contributed by atoms with Gasteiger partial charge in [0.1, 0.15) is 5.25 Å². The molecular formula is C19H17N5O4S. The number of imide groups is 1. The fourth-order valence-electron chi connectivity index (χ4n) is 2.74. The van der Waals surface area contributed by atoms with Crippen molar-refractivity contribution in [3.05, 3.63) is 70.3 Å². The van der Waals surface area contributed by atoms with Crippen molar-refractivity contribution in [1.29, 1.82) is 0 Å². The van der Waals surface area contributed by atoms with Crippen LogP contribution in [-0.2, 0) is 9.59 Å². The Labute approximate surface area is 170 Å². The van der Waals surface area contributed by atoms with Gasteiger partial charge in [-0.05, 0) is 18.6 Å². The summed E-state index contributed by atoms with van der Waals surface area (Å²) in [6, 6.07) is 14.8. The Morgan fingerprint density at radius 2 is 1.90 bits per heavy atom. The van der Waals surface area contributed by atoms with E-state index in [0.717, 1.165) is 22.2 Å². The van der Waals surface area contributed by atoms with Crippen molar-refractivity contribution in [2.45, 2.75) is 18.6 Å². The first-order chi connectivity index (χ1) is 13.9. The van der Waals surface area contributed by atoms with Crippen LogP contribution in [0.2, 0.25) is 0 Å². The molecule has 1 saturated heterocycles. The number of anilines is 1. The molecule has 1 atom stereocenters. The van der Waals surface area contributed by atoms with Crippen LogP contribution in [0, 0.1) is 10.1 Å². The maximum absolute atomic E-state index is 12.7. The smallest absolute Gasteiger partial charge is 0.271 e. The third kappa shape index (κ3) is 4.66. The van der Waals surface area contributed by atoms with Crippen molar-refractivity contribution < 1.29 is 14.5 Å². The second-order valence-electron chi connectivity index (χ2n) is 6.14. The van der Waals surface area contributed by atoms with Crippen LogP contribution in [0.1, 0.15) is 18.9 Å². The largest absolute Gasteiger partial charge is 0.377 e. The minimum Gasteiger partial charge on any atom is -0.377 e. The zero-order valence-corrected chi connectivity index (χ0v) is 16.2. The third-order valence-electron chi connectivity index (χ3n) is 4.16. The molecule has 0 aromatic heterocycles. The van der Waals surface area contributed by atoms with E-state index in [9.17, 15) is 19.7 Å². The van der Waals surface area contributed by atoms with Crippen molar-refractivity contribution in [3.63, 3.8) is 0 Å². The minimum atomic E-state index is -0.766. The number of nitrogens with zero attached hydrogens (tertiary/aromatic N) is 4. The van der Waals surface area contributed by atoms with Gasteiger partial charge in [0.2, 0.25) is 11.8 Å². The Bertz CT molecular complexity index is 1020. The molecule has 2 aromatic carbocycles. The summed E-state index contributed by atoms with van der Waals surface area (Å²) < 4.78 is 0. The predicted molar refractivity (Wildman–Crippen MR) is 112 cm³/mol. The number of amidine groups is 1. The van der Waals surface area contributed by atoms with Crippen LogP contribution in [0.3, 0.4) is 0 Å². The monoisotopic (exact) mass is 411 g/mol. The van der Waals surface area contributed by atoms with Crippen LogP contribution in [0.25, 0.3) is 0 Å². The summed E-state index contributed by atoms with van der Waals surface area (Å²) in [5.41, 5.74) is 7.37. The molecule has 29 heavy (non-hydrogen) atoms. The maximum atomic E-state index is 12.7. The number of amides is 2. The fraction of sp³-hybridized carbons (Fsp3) is 0.158. The molecule has 148 valence electrons. The summed E-state index contributed by atoms with van der Waals surface area (Å²) in [5.74, 6) is -0.952. The molecule has 1 heterocycles. The third-order valence-corrected chi connectivity index (χ3v) is 5.13. The summed E-state index contributed by atoms with van der Waals surface area (Å²) in [5, 5.41) is 18.2. The van der Waals surface area contributed by atoms with Crippen molar-refractivity contribution in [1.82, 2.24) is 0 Å². The van der Waals surface area contributed by atoms with Crippen LogP contribution < -0.4 is 10.6 Å². The Kier molecular flexibility index (Phi) is 6.03. The SMILES string of the molecule is C/C(=N/N=C(N)S[C@H]1CC(=O)N(c2cccc([N+](=O)[O-])c2)C1=O)c1ccccc1. The van der Waals surface area contributed by atoms with Crippen molar-refractivity contribution in [2.75, 3.05) is 4.90 Å². The zero-order valence-electron chi connectivity index (χ0n) is 15.4. The van der Waals surface area contributed by atoms with E-state index in [4.69, 9.17) is 5.73 Å². The summed E-state index contributed by atoms with van der Waals surface area (Å²) in [4.78, 5) is 36.3. The van der Waals surface area contributed by atoms with Gasteiger partial charge in [0, 0.05) is 18.6 Å². The predicted octanol–water partition coefficient (Wildman–Crippen LogP) is 2.70. The molecule has 0 radical (unpaired) electrons. The van der Waals surface area contributed by atoms with Gasteiger partial charge in [0.05, 0.1) is 16.3 Å². The van der Waals surface area contributed by atoms with Crippen LogP contribution >= 0.6 is 11.8 Å². The van der Waals surface area contributed by atoms with E-state index in [0.29, 0.717) is 5.71 Å². The molecule has 0 saturated carbocycles. The van der Waals surface area contributed by atoms with Crippen LogP contribution in [0.15, 0.2) is 64.8 Å². The molecular weight excluding hydrogens is 394 g/mol. The molecule has 0 spiro atoms. The van der Waals surface area contributed by atoms with E-state index >= 15 is 0 Å². The number of nitro benzene ring substituents is 1. The number of rotatable bonds is 5. The van der Waals surface area contributed by atoms with E-state index in [-0.39, 0.29) is 23.0 Å². The van der Waals surface area contributed by atoms with Gasteiger partial charge in [-0.25, -0.2) is 4.90 Å².